The third-order valence-electron chi connectivity index (χ3n) is 3.47. The standard InChI is InChI=1S/C17H17BrFNO/c1-11-6-15(4-5-17(11)18)21-16-8-12(7-13(19)9-16)10-20-14-2-3-14/h4-9,14,20H,2-3,10H2,1H3. The van der Waals surface area contributed by atoms with Gasteiger partial charge in [0.15, 0.2) is 0 Å². The van der Waals surface area contributed by atoms with E-state index in [-0.39, 0.29) is 5.82 Å². The minimum Gasteiger partial charge on any atom is -0.457 e. The van der Waals surface area contributed by atoms with E-state index >= 15 is 0 Å². The summed E-state index contributed by atoms with van der Waals surface area (Å²) in [5.41, 5.74) is 1.99. The molecule has 0 aromatic heterocycles. The van der Waals surface area contributed by atoms with Crippen molar-refractivity contribution in [2.24, 2.45) is 0 Å². The maximum absolute atomic E-state index is 13.7. The summed E-state index contributed by atoms with van der Waals surface area (Å²) < 4.78 is 20.5. The van der Waals surface area contributed by atoms with Crippen LogP contribution < -0.4 is 10.1 Å². The second kappa shape index (κ2) is 6.16. The van der Waals surface area contributed by atoms with Crippen LogP contribution in [0.15, 0.2) is 40.9 Å². The molecule has 1 N–H and O–H groups in total. The lowest BCUT2D eigenvalue weighted by atomic mass is 10.2. The van der Waals surface area contributed by atoms with E-state index in [2.05, 4.69) is 21.2 Å². The molecule has 1 fully saturated rings. The summed E-state index contributed by atoms with van der Waals surface area (Å²) in [6, 6.07) is 11.2. The number of rotatable bonds is 5. The topological polar surface area (TPSA) is 21.3 Å². The van der Waals surface area contributed by atoms with Gasteiger partial charge in [-0.2, -0.15) is 0 Å². The van der Waals surface area contributed by atoms with Gasteiger partial charge in [-0.1, -0.05) is 15.9 Å². The Morgan fingerprint density at radius 2 is 2.00 bits per heavy atom. The minimum absolute atomic E-state index is 0.270. The molecule has 0 amide bonds. The Hall–Kier alpha value is -1.39. The van der Waals surface area contributed by atoms with Crippen LogP contribution in [-0.4, -0.2) is 6.04 Å². The second-order valence-electron chi connectivity index (χ2n) is 5.46. The normalized spacial score (nSPS) is 14.2. The van der Waals surface area contributed by atoms with Gasteiger partial charge in [0.05, 0.1) is 0 Å². The first-order chi connectivity index (χ1) is 10.1. The lowest BCUT2D eigenvalue weighted by Gasteiger charge is -2.10. The first-order valence-corrected chi connectivity index (χ1v) is 7.86. The molecule has 0 radical (unpaired) electrons. The van der Waals surface area contributed by atoms with Gasteiger partial charge in [-0.15, -0.1) is 0 Å². The van der Waals surface area contributed by atoms with Crippen molar-refractivity contribution in [2.75, 3.05) is 0 Å². The van der Waals surface area contributed by atoms with Crippen molar-refractivity contribution in [3.05, 3.63) is 57.8 Å². The zero-order valence-corrected chi connectivity index (χ0v) is 13.4. The third kappa shape index (κ3) is 4.05. The number of hydrogen-bond donors (Lipinski definition) is 1. The molecule has 1 aliphatic carbocycles. The Bertz CT molecular complexity index is 655. The van der Waals surface area contributed by atoms with Gasteiger partial charge >= 0.3 is 0 Å². The molecule has 0 spiro atoms. The van der Waals surface area contributed by atoms with E-state index < -0.39 is 0 Å². The van der Waals surface area contributed by atoms with Gasteiger partial charge in [-0.05, 0) is 61.2 Å². The largest absolute Gasteiger partial charge is 0.457 e. The van der Waals surface area contributed by atoms with Crippen LogP contribution in [0.25, 0.3) is 0 Å². The van der Waals surface area contributed by atoms with Crippen molar-refractivity contribution in [3.8, 4) is 11.5 Å². The van der Waals surface area contributed by atoms with E-state index in [0.717, 1.165) is 15.6 Å². The van der Waals surface area contributed by atoms with Crippen molar-refractivity contribution < 1.29 is 9.13 Å². The highest BCUT2D eigenvalue weighted by atomic mass is 79.9. The maximum atomic E-state index is 13.7. The van der Waals surface area contributed by atoms with Gasteiger partial charge in [0.25, 0.3) is 0 Å². The summed E-state index contributed by atoms with van der Waals surface area (Å²) in [6.45, 7) is 2.67. The molecule has 2 aromatic rings. The highest BCUT2D eigenvalue weighted by molar-refractivity contribution is 9.10. The monoisotopic (exact) mass is 349 g/mol. The number of hydrogen-bond acceptors (Lipinski definition) is 2. The summed E-state index contributed by atoms with van der Waals surface area (Å²) in [5, 5.41) is 3.38. The predicted molar refractivity (Wildman–Crippen MR) is 85.2 cm³/mol. The molecule has 2 nitrogen and oxygen atoms in total. The smallest absolute Gasteiger partial charge is 0.130 e. The van der Waals surface area contributed by atoms with Crippen LogP contribution in [0, 0.1) is 12.7 Å². The summed E-state index contributed by atoms with van der Waals surface area (Å²) in [6.07, 6.45) is 2.44. The molecule has 0 heterocycles. The van der Waals surface area contributed by atoms with Crippen LogP contribution in [0.1, 0.15) is 24.0 Å². The van der Waals surface area contributed by atoms with Crippen LogP contribution >= 0.6 is 15.9 Å². The van der Waals surface area contributed by atoms with Crippen molar-refractivity contribution in [1.29, 1.82) is 0 Å². The molecule has 0 bridgehead atoms. The zero-order chi connectivity index (χ0) is 14.8. The van der Waals surface area contributed by atoms with Crippen LogP contribution in [0.3, 0.4) is 0 Å². The molecule has 4 heteroatoms. The number of benzene rings is 2. The molecular formula is C17H17BrFNO. The molecule has 0 saturated heterocycles. The van der Waals surface area contributed by atoms with Crippen molar-refractivity contribution in [3.63, 3.8) is 0 Å². The van der Waals surface area contributed by atoms with E-state index in [0.29, 0.717) is 24.1 Å². The van der Waals surface area contributed by atoms with Gasteiger partial charge in [0.2, 0.25) is 0 Å². The van der Waals surface area contributed by atoms with Crippen molar-refractivity contribution in [1.82, 2.24) is 5.32 Å². The van der Waals surface area contributed by atoms with Crippen molar-refractivity contribution >= 4 is 15.9 Å². The lowest BCUT2D eigenvalue weighted by Crippen LogP contribution is -2.15. The van der Waals surface area contributed by atoms with Gasteiger partial charge in [-0.25, -0.2) is 4.39 Å². The Labute approximate surface area is 132 Å². The SMILES string of the molecule is Cc1cc(Oc2cc(F)cc(CNC3CC3)c2)ccc1Br. The van der Waals surface area contributed by atoms with Crippen molar-refractivity contribution in [2.45, 2.75) is 32.4 Å². The van der Waals surface area contributed by atoms with E-state index in [9.17, 15) is 4.39 Å². The third-order valence-corrected chi connectivity index (χ3v) is 4.36. The zero-order valence-electron chi connectivity index (χ0n) is 11.8. The van der Waals surface area contributed by atoms with Crippen LogP contribution in [0.4, 0.5) is 4.39 Å². The van der Waals surface area contributed by atoms with Crippen LogP contribution in [-0.2, 0) is 6.54 Å². The number of ether oxygens (including phenoxy) is 1. The van der Waals surface area contributed by atoms with E-state index in [4.69, 9.17) is 4.74 Å². The number of aryl methyl sites for hydroxylation is 1. The quantitative estimate of drug-likeness (QED) is 0.825. The van der Waals surface area contributed by atoms with Crippen LogP contribution in [0.2, 0.25) is 0 Å². The molecule has 0 unspecified atom stereocenters. The molecule has 21 heavy (non-hydrogen) atoms. The van der Waals surface area contributed by atoms with E-state index in [1.54, 1.807) is 6.07 Å². The first kappa shape index (κ1) is 14.5. The Morgan fingerprint density at radius 3 is 2.71 bits per heavy atom. The highest BCUT2D eigenvalue weighted by Crippen LogP contribution is 2.28. The Kier molecular flexibility index (Phi) is 4.27. The number of halogens is 2. The van der Waals surface area contributed by atoms with Crippen LogP contribution in [0.5, 0.6) is 11.5 Å². The molecule has 110 valence electrons. The van der Waals surface area contributed by atoms with Gasteiger partial charge in [-0.3, -0.25) is 0 Å². The molecule has 1 saturated carbocycles. The Morgan fingerprint density at radius 1 is 1.19 bits per heavy atom. The summed E-state index contributed by atoms with van der Waals surface area (Å²) in [4.78, 5) is 0. The maximum Gasteiger partial charge on any atom is 0.130 e. The fraction of sp³-hybridized carbons (Fsp3) is 0.294. The van der Waals surface area contributed by atoms with E-state index in [1.165, 1.54) is 18.9 Å². The fourth-order valence-corrected chi connectivity index (χ4v) is 2.39. The molecule has 1 aliphatic rings. The minimum atomic E-state index is -0.270. The van der Waals surface area contributed by atoms with Gasteiger partial charge < -0.3 is 10.1 Å². The summed E-state index contributed by atoms with van der Waals surface area (Å²) >= 11 is 3.45. The first-order valence-electron chi connectivity index (χ1n) is 7.07. The van der Waals surface area contributed by atoms with Gasteiger partial charge in [0, 0.05) is 23.1 Å². The summed E-state index contributed by atoms with van der Waals surface area (Å²) in [5.74, 6) is 0.973. The lowest BCUT2D eigenvalue weighted by molar-refractivity contribution is 0.474. The fourth-order valence-electron chi connectivity index (χ4n) is 2.15. The molecule has 2 aromatic carbocycles. The summed E-state index contributed by atoms with van der Waals surface area (Å²) in [7, 11) is 0. The Balaban J connectivity index is 1.75. The molecular weight excluding hydrogens is 333 g/mol. The second-order valence-corrected chi connectivity index (χ2v) is 6.32. The average molecular weight is 350 g/mol. The molecule has 0 aliphatic heterocycles. The highest BCUT2D eigenvalue weighted by Gasteiger charge is 2.20. The predicted octanol–water partition coefficient (Wildman–Crippen LogP) is 4.94. The average Bonchev–Trinajstić information content (AvgIpc) is 3.24. The molecule has 3 rings (SSSR count). The molecule has 0 atom stereocenters. The number of nitrogens with one attached hydrogen (secondary N) is 1. The van der Waals surface area contributed by atoms with E-state index in [1.807, 2.05) is 31.2 Å². The van der Waals surface area contributed by atoms with Gasteiger partial charge in [0.1, 0.15) is 17.3 Å².